The summed E-state index contributed by atoms with van der Waals surface area (Å²) in [5.74, 6) is -0.305. The van der Waals surface area contributed by atoms with Gasteiger partial charge < -0.3 is 0 Å². The number of halogens is 2. The summed E-state index contributed by atoms with van der Waals surface area (Å²) >= 11 is 13.4. The molecule has 0 radical (unpaired) electrons. The van der Waals surface area contributed by atoms with Gasteiger partial charge in [-0.05, 0) is 12.1 Å². The Balaban J connectivity index is 2.19. The van der Waals surface area contributed by atoms with Crippen molar-refractivity contribution in [1.82, 2.24) is 0 Å². The molecule has 0 saturated heterocycles. The van der Waals surface area contributed by atoms with Gasteiger partial charge in [-0.2, -0.15) is 0 Å². The monoisotopic (exact) mass is 296 g/mol. The molecule has 0 atom stereocenters. The molecule has 0 heterocycles. The van der Waals surface area contributed by atoms with E-state index in [1.807, 2.05) is 36.4 Å². The largest absolute Gasteiger partial charge is 0.290 e. The van der Waals surface area contributed by atoms with Crippen molar-refractivity contribution >= 4 is 40.7 Å². The average molecular weight is 297 g/mol. The first kappa shape index (κ1) is 13.5. The summed E-state index contributed by atoms with van der Waals surface area (Å²) < 4.78 is -1.51. The van der Waals surface area contributed by atoms with Gasteiger partial charge in [-0.15, -0.1) is 0 Å². The van der Waals surface area contributed by atoms with E-state index < -0.39 is 3.67 Å². The van der Waals surface area contributed by atoms with E-state index in [1.54, 1.807) is 24.3 Å². The van der Waals surface area contributed by atoms with Crippen LogP contribution in [-0.4, -0.2) is 9.45 Å². The molecular weight excluding hydrogens is 287 g/mol. The number of alkyl halides is 2. The van der Waals surface area contributed by atoms with E-state index in [4.69, 9.17) is 23.2 Å². The van der Waals surface area contributed by atoms with Crippen LogP contribution in [0.2, 0.25) is 0 Å². The van der Waals surface area contributed by atoms with Crippen LogP contribution in [0.3, 0.4) is 0 Å². The Morgan fingerprint density at radius 1 is 0.889 bits per heavy atom. The SMILES string of the molecule is O=C(c1ccccc1)C(Cl)(Cl)Sc1ccccc1. The Morgan fingerprint density at radius 3 is 1.94 bits per heavy atom. The van der Waals surface area contributed by atoms with E-state index in [9.17, 15) is 4.79 Å². The summed E-state index contributed by atoms with van der Waals surface area (Å²) in [6, 6.07) is 18.2. The van der Waals surface area contributed by atoms with Crippen molar-refractivity contribution in [2.75, 3.05) is 0 Å². The molecular formula is C14H10Cl2OS. The molecule has 0 amide bonds. The third kappa shape index (κ3) is 3.29. The molecule has 0 spiro atoms. The van der Waals surface area contributed by atoms with Crippen LogP contribution in [0, 0.1) is 0 Å². The van der Waals surface area contributed by atoms with E-state index in [2.05, 4.69) is 0 Å². The van der Waals surface area contributed by atoms with Gasteiger partial charge in [-0.25, -0.2) is 0 Å². The van der Waals surface area contributed by atoms with Crippen LogP contribution < -0.4 is 0 Å². The first-order chi connectivity index (χ1) is 8.59. The fourth-order valence-electron chi connectivity index (χ4n) is 1.44. The Kier molecular flexibility index (Phi) is 4.33. The van der Waals surface area contributed by atoms with Crippen molar-refractivity contribution in [3.05, 3.63) is 66.2 Å². The maximum atomic E-state index is 12.2. The van der Waals surface area contributed by atoms with Crippen molar-refractivity contribution < 1.29 is 4.79 Å². The number of ketones is 1. The van der Waals surface area contributed by atoms with Gasteiger partial charge in [-0.1, -0.05) is 83.5 Å². The molecule has 1 nitrogen and oxygen atoms in total. The number of rotatable bonds is 4. The van der Waals surface area contributed by atoms with Crippen LogP contribution in [0.4, 0.5) is 0 Å². The second-order valence-electron chi connectivity index (χ2n) is 3.63. The van der Waals surface area contributed by atoms with Gasteiger partial charge in [0.1, 0.15) is 0 Å². The molecule has 0 fully saturated rings. The van der Waals surface area contributed by atoms with Gasteiger partial charge in [0.05, 0.1) is 0 Å². The molecule has 0 saturated carbocycles. The molecule has 2 rings (SSSR count). The van der Waals surface area contributed by atoms with Crippen molar-refractivity contribution in [2.24, 2.45) is 0 Å². The smallest absolute Gasteiger partial charge is 0.230 e. The number of Topliss-reactive ketones (excluding diaryl/α,β-unsaturated/α-hetero) is 1. The zero-order valence-electron chi connectivity index (χ0n) is 9.35. The predicted molar refractivity (Wildman–Crippen MR) is 77.5 cm³/mol. The lowest BCUT2D eigenvalue weighted by molar-refractivity contribution is 0.0998. The normalized spacial score (nSPS) is 11.2. The lowest BCUT2D eigenvalue weighted by Crippen LogP contribution is -2.21. The third-order valence-electron chi connectivity index (χ3n) is 2.29. The Hall–Kier alpha value is -0.960. The van der Waals surface area contributed by atoms with Crippen molar-refractivity contribution in [3.8, 4) is 0 Å². The lowest BCUT2D eigenvalue weighted by atomic mass is 10.1. The van der Waals surface area contributed by atoms with Crippen LogP contribution in [-0.2, 0) is 0 Å². The van der Waals surface area contributed by atoms with Gasteiger partial charge in [0.15, 0.2) is 0 Å². The zero-order chi connectivity index (χ0) is 13.0. The highest BCUT2D eigenvalue weighted by Gasteiger charge is 2.35. The van der Waals surface area contributed by atoms with Gasteiger partial charge in [0, 0.05) is 10.5 Å². The summed E-state index contributed by atoms with van der Waals surface area (Å²) in [7, 11) is 0. The fraction of sp³-hybridized carbons (Fsp3) is 0.0714. The predicted octanol–water partition coefficient (Wildman–Crippen LogP) is 4.79. The zero-order valence-corrected chi connectivity index (χ0v) is 11.7. The molecule has 2 aromatic rings. The van der Waals surface area contributed by atoms with E-state index >= 15 is 0 Å². The van der Waals surface area contributed by atoms with Crippen LogP contribution in [0.5, 0.6) is 0 Å². The molecule has 18 heavy (non-hydrogen) atoms. The maximum Gasteiger partial charge on any atom is 0.230 e. The maximum absolute atomic E-state index is 12.2. The minimum absolute atomic E-state index is 0.305. The third-order valence-corrected chi connectivity index (χ3v) is 4.05. The van der Waals surface area contributed by atoms with Gasteiger partial charge in [0.2, 0.25) is 9.45 Å². The summed E-state index contributed by atoms with van der Waals surface area (Å²) in [6.07, 6.45) is 0. The molecule has 0 aliphatic rings. The summed E-state index contributed by atoms with van der Waals surface area (Å²) in [5.41, 5.74) is 0.505. The molecule has 4 heteroatoms. The van der Waals surface area contributed by atoms with E-state index in [-0.39, 0.29) is 5.78 Å². The molecule has 92 valence electrons. The highest BCUT2D eigenvalue weighted by atomic mass is 35.5. The quantitative estimate of drug-likeness (QED) is 0.458. The van der Waals surface area contributed by atoms with Gasteiger partial charge in [-0.3, -0.25) is 4.79 Å². The van der Waals surface area contributed by atoms with Crippen LogP contribution in [0.1, 0.15) is 10.4 Å². The number of carbonyl (C=O) groups is 1. The Morgan fingerprint density at radius 2 is 1.39 bits per heavy atom. The Labute approximate surface area is 120 Å². The van der Waals surface area contributed by atoms with Crippen molar-refractivity contribution in [1.29, 1.82) is 0 Å². The Bertz CT molecular complexity index is 526. The second kappa shape index (κ2) is 5.79. The number of thioether (sulfide) groups is 1. The number of hydrogen-bond acceptors (Lipinski definition) is 2. The topological polar surface area (TPSA) is 17.1 Å². The number of hydrogen-bond donors (Lipinski definition) is 0. The van der Waals surface area contributed by atoms with Gasteiger partial charge >= 0.3 is 0 Å². The van der Waals surface area contributed by atoms with E-state index in [0.717, 1.165) is 16.7 Å². The summed E-state index contributed by atoms with van der Waals surface area (Å²) in [5, 5.41) is 0. The van der Waals surface area contributed by atoms with E-state index in [1.165, 1.54) is 0 Å². The minimum atomic E-state index is -1.51. The lowest BCUT2D eigenvalue weighted by Gasteiger charge is -2.17. The van der Waals surface area contributed by atoms with Gasteiger partial charge in [0.25, 0.3) is 0 Å². The van der Waals surface area contributed by atoms with Crippen molar-refractivity contribution in [2.45, 2.75) is 8.56 Å². The molecule has 2 aromatic carbocycles. The molecule has 0 bridgehead atoms. The summed E-state index contributed by atoms with van der Waals surface area (Å²) in [6.45, 7) is 0. The molecule has 0 aliphatic heterocycles. The van der Waals surface area contributed by atoms with Crippen LogP contribution in [0.25, 0.3) is 0 Å². The molecule has 0 unspecified atom stereocenters. The minimum Gasteiger partial charge on any atom is -0.290 e. The van der Waals surface area contributed by atoms with E-state index in [0.29, 0.717) is 5.56 Å². The highest BCUT2D eigenvalue weighted by Crippen LogP contribution is 2.42. The standard InChI is InChI=1S/C14H10Cl2OS/c15-14(16,18-12-9-5-2-6-10-12)13(17)11-7-3-1-4-8-11/h1-10H. The first-order valence-corrected chi connectivity index (χ1v) is 6.88. The molecule has 0 aromatic heterocycles. The van der Waals surface area contributed by atoms with Crippen LogP contribution in [0.15, 0.2) is 65.6 Å². The van der Waals surface area contributed by atoms with Crippen molar-refractivity contribution in [3.63, 3.8) is 0 Å². The average Bonchev–Trinajstić information content (AvgIpc) is 2.39. The first-order valence-electron chi connectivity index (χ1n) is 5.31. The molecule has 0 aliphatic carbocycles. The summed E-state index contributed by atoms with van der Waals surface area (Å²) in [4.78, 5) is 13.0. The van der Waals surface area contributed by atoms with Crippen LogP contribution >= 0.6 is 35.0 Å². The second-order valence-corrected chi connectivity index (χ2v) is 6.69. The molecule has 0 N–H and O–H groups in total. The number of benzene rings is 2. The number of carbonyl (C=O) groups excluding carboxylic acids is 1. The highest BCUT2D eigenvalue weighted by molar-refractivity contribution is 8.04. The fourth-order valence-corrected chi connectivity index (χ4v) is 2.99.